The fraction of sp³-hybridized carbons (Fsp3) is 0.321. The second-order valence-corrected chi connectivity index (χ2v) is 8.91. The van der Waals surface area contributed by atoms with Crippen LogP contribution in [0.2, 0.25) is 0 Å². The molecule has 1 amide bonds. The number of nitrogens with zero attached hydrogens (tertiary/aromatic N) is 2. The van der Waals surface area contributed by atoms with Crippen molar-refractivity contribution in [1.29, 1.82) is 0 Å². The Morgan fingerprint density at radius 3 is 2.26 bits per heavy atom. The second-order valence-electron chi connectivity index (χ2n) is 8.91. The number of carboxylic acids is 1. The van der Waals surface area contributed by atoms with E-state index in [1.807, 2.05) is 49.4 Å². The molecule has 0 atom stereocenters. The van der Waals surface area contributed by atoms with Crippen LogP contribution in [0.15, 0.2) is 66.7 Å². The molecule has 7 nitrogen and oxygen atoms in total. The molecule has 0 unspecified atom stereocenters. The van der Waals surface area contributed by atoms with E-state index in [1.165, 1.54) is 0 Å². The summed E-state index contributed by atoms with van der Waals surface area (Å²) >= 11 is 0. The fourth-order valence-corrected chi connectivity index (χ4v) is 4.12. The quantitative estimate of drug-likeness (QED) is 0.500. The van der Waals surface area contributed by atoms with E-state index in [1.54, 1.807) is 29.2 Å². The van der Waals surface area contributed by atoms with Crippen LogP contribution in [0.25, 0.3) is 0 Å². The number of rotatable bonds is 8. The average molecular weight is 475 g/mol. The lowest BCUT2D eigenvalue weighted by Gasteiger charge is -2.31. The molecule has 7 heteroatoms. The summed E-state index contributed by atoms with van der Waals surface area (Å²) in [7, 11) is 0. The van der Waals surface area contributed by atoms with Gasteiger partial charge in [-0.15, -0.1) is 0 Å². The first-order chi connectivity index (χ1) is 16.9. The van der Waals surface area contributed by atoms with Gasteiger partial charge in [-0.3, -0.25) is 9.78 Å². The maximum absolute atomic E-state index is 12.6. The molecular formula is C28H30N2O5. The zero-order valence-corrected chi connectivity index (χ0v) is 19.9. The molecule has 182 valence electrons. The van der Waals surface area contributed by atoms with Crippen molar-refractivity contribution in [3.63, 3.8) is 0 Å². The first-order valence-electron chi connectivity index (χ1n) is 11.9. The highest BCUT2D eigenvalue weighted by atomic mass is 16.6. The smallest absolute Gasteiger partial charge is 0.415 e. The number of carbonyl (C=O) groups is 2. The lowest BCUT2D eigenvalue weighted by molar-refractivity contribution is -0.136. The highest BCUT2D eigenvalue weighted by Gasteiger charge is 2.24. The maximum Gasteiger partial charge on any atom is 0.415 e. The molecule has 1 fully saturated rings. The van der Waals surface area contributed by atoms with Crippen LogP contribution >= 0.6 is 0 Å². The minimum Gasteiger partial charge on any atom is -0.493 e. The van der Waals surface area contributed by atoms with Gasteiger partial charge in [-0.25, -0.2) is 4.79 Å². The summed E-state index contributed by atoms with van der Waals surface area (Å²) in [5.41, 5.74) is 3.86. The number of ether oxygens (including phenoxy) is 2. The molecule has 0 aliphatic carbocycles. The number of hydrogen-bond donors (Lipinski definition) is 1. The summed E-state index contributed by atoms with van der Waals surface area (Å²) in [6.45, 7) is 3.80. The van der Waals surface area contributed by atoms with Crippen LogP contribution in [0.5, 0.6) is 11.5 Å². The summed E-state index contributed by atoms with van der Waals surface area (Å²) in [6.07, 6.45) is 2.09. The number of benzene rings is 2. The fourth-order valence-electron chi connectivity index (χ4n) is 4.12. The van der Waals surface area contributed by atoms with Crippen molar-refractivity contribution in [2.45, 2.75) is 32.6 Å². The molecule has 0 saturated carbocycles. The molecule has 1 aliphatic heterocycles. The third kappa shape index (κ3) is 7.30. The predicted octanol–water partition coefficient (Wildman–Crippen LogP) is 4.90. The number of aryl methyl sites for hydroxylation is 1. The number of pyridine rings is 1. The van der Waals surface area contributed by atoms with E-state index in [2.05, 4.69) is 4.98 Å². The van der Waals surface area contributed by atoms with E-state index in [0.29, 0.717) is 31.4 Å². The van der Waals surface area contributed by atoms with Crippen LogP contribution in [0, 0.1) is 12.8 Å². The van der Waals surface area contributed by atoms with Gasteiger partial charge < -0.3 is 19.5 Å². The Morgan fingerprint density at radius 1 is 0.943 bits per heavy atom. The number of amides is 1. The van der Waals surface area contributed by atoms with E-state index in [9.17, 15) is 9.59 Å². The van der Waals surface area contributed by atoms with Crippen molar-refractivity contribution >= 4 is 12.1 Å². The van der Waals surface area contributed by atoms with Crippen molar-refractivity contribution in [1.82, 2.24) is 9.88 Å². The van der Waals surface area contributed by atoms with Crippen LogP contribution in [-0.2, 0) is 17.6 Å². The van der Waals surface area contributed by atoms with Gasteiger partial charge in [0.15, 0.2) is 0 Å². The number of aromatic nitrogens is 1. The summed E-state index contributed by atoms with van der Waals surface area (Å²) in [6, 6.07) is 20.7. The summed E-state index contributed by atoms with van der Waals surface area (Å²) < 4.78 is 11.5. The molecule has 1 aliphatic rings. The number of aliphatic carboxylic acids is 1. The summed E-state index contributed by atoms with van der Waals surface area (Å²) in [4.78, 5) is 29.6. The van der Waals surface area contributed by atoms with E-state index in [0.717, 1.165) is 47.5 Å². The second kappa shape index (κ2) is 11.5. The Kier molecular flexibility index (Phi) is 7.98. The highest BCUT2D eigenvalue weighted by molar-refractivity contribution is 5.71. The van der Waals surface area contributed by atoms with Gasteiger partial charge in [-0.1, -0.05) is 30.3 Å². The molecule has 1 N–H and O–H groups in total. The number of carboxylic acid groups (broad SMARTS) is 1. The van der Waals surface area contributed by atoms with Crippen molar-refractivity contribution in [2.24, 2.45) is 5.92 Å². The van der Waals surface area contributed by atoms with E-state index in [-0.39, 0.29) is 12.5 Å². The zero-order chi connectivity index (χ0) is 24.6. The first kappa shape index (κ1) is 24.3. The Labute approximate surface area is 205 Å². The van der Waals surface area contributed by atoms with Gasteiger partial charge in [0.1, 0.15) is 11.5 Å². The van der Waals surface area contributed by atoms with Crippen LogP contribution in [0.1, 0.15) is 35.4 Å². The SMILES string of the molecule is Cc1cccc(Cc2ccc(OC(=O)N3CCC(COc4ccc(CC(=O)O)cc4)CC3)cc2)n1. The van der Waals surface area contributed by atoms with Crippen molar-refractivity contribution in [3.8, 4) is 11.5 Å². The van der Waals surface area contributed by atoms with Crippen LogP contribution < -0.4 is 9.47 Å². The Hall–Kier alpha value is -3.87. The number of likely N-dealkylation sites (tertiary alicyclic amines) is 1. The molecule has 3 aromatic rings. The van der Waals surface area contributed by atoms with Crippen molar-refractivity contribution < 1.29 is 24.2 Å². The molecule has 0 spiro atoms. The van der Waals surface area contributed by atoms with E-state index in [4.69, 9.17) is 14.6 Å². The van der Waals surface area contributed by atoms with Gasteiger partial charge in [0, 0.05) is 30.9 Å². The Bertz CT molecular complexity index is 1140. The molecule has 2 aromatic carbocycles. The minimum atomic E-state index is -0.850. The van der Waals surface area contributed by atoms with Gasteiger partial charge in [0.05, 0.1) is 13.0 Å². The molecular weight excluding hydrogens is 444 g/mol. The Balaban J connectivity index is 1.19. The highest BCUT2D eigenvalue weighted by Crippen LogP contribution is 2.22. The van der Waals surface area contributed by atoms with Crippen LogP contribution in [-0.4, -0.2) is 46.7 Å². The van der Waals surface area contributed by atoms with E-state index >= 15 is 0 Å². The lowest BCUT2D eigenvalue weighted by Crippen LogP contribution is -2.41. The first-order valence-corrected chi connectivity index (χ1v) is 11.9. The number of piperidine rings is 1. The standard InChI is InChI=1S/C28H30N2O5/c1-20-3-2-4-24(29-20)17-21-7-11-26(12-8-21)35-28(33)30-15-13-23(14-16-30)19-34-25-9-5-22(6-10-25)18-27(31)32/h2-12,23H,13-19H2,1H3,(H,31,32). The topological polar surface area (TPSA) is 89.0 Å². The monoisotopic (exact) mass is 474 g/mol. The third-order valence-electron chi connectivity index (χ3n) is 6.10. The van der Waals surface area contributed by atoms with Crippen molar-refractivity contribution in [2.75, 3.05) is 19.7 Å². The summed E-state index contributed by atoms with van der Waals surface area (Å²) in [5, 5.41) is 8.85. The molecule has 0 bridgehead atoms. The van der Waals surface area contributed by atoms with Gasteiger partial charge in [0.2, 0.25) is 0 Å². The van der Waals surface area contributed by atoms with Crippen molar-refractivity contribution in [3.05, 3.63) is 89.2 Å². The Morgan fingerprint density at radius 2 is 1.60 bits per heavy atom. The van der Waals surface area contributed by atoms with Crippen LogP contribution in [0.3, 0.4) is 0 Å². The average Bonchev–Trinajstić information content (AvgIpc) is 2.85. The molecule has 4 rings (SSSR count). The molecule has 1 saturated heterocycles. The molecule has 35 heavy (non-hydrogen) atoms. The van der Waals surface area contributed by atoms with E-state index < -0.39 is 5.97 Å². The third-order valence-corrected chi connectivity index (χ3v) is 6.10. The normalized spacial score (nSPS) is 13.9. The summed E-state index contributed by atoms with van der Waals surface area (Å²) in [5.74, 6) is 0.763. The van der Waals surface area contributed by atoms with Gasteiger partial charge in [-0.05, 0) is 73.2 Å². The molecule has 1 aromatic heterocycles. The predicted molar refractivity (Wildman–Crippen MR) is 132 cm³/mol. The minimum absolute atomic E-state index is 0.00384. The molecule has 2 heterocycles. The maximum atomic E-state index is 12.6. The van der Waals surface area contributed by atoms with Gasteiger partial charge in [0.25, 0.3) is 0 Å². The van der Waals surface area contributed by atoms with Crippen LogP contribution in [0.4, 0.5) is 4.79 Å². The largest absolute Gasteiger partial charge is 0.493 e. The van der Waals surface area contributed by atoms with Gasteiger partial charge >= 0.3 is 12.1 Å². The lowest BCUT2D eigenvalue weighted by atomic mass is 9.98. The number of carbonyl (C=O) groups excluding carboxylic acids is 1. The zero-order valence-electron chi connectivity index (χ0n) is 19.9. The number of hydrogen-bond acceptors (Lipinski definition) is 5. The molecule has 0 radical (unpaired) electrons. The van der Waals surface area contributed by atoms with Gasteiger partial charge in [-0.2, -0.15) is 0 Å².